The second-order valence-electron chi connectivity index (χ2n) is 5.02. The van der Waals surface area contributed by atoms with Gasteiger partial charge in [0.25, 0.3) is 0 Å². The Bertz CT molecular complexity index is 355. The van der Waals surface area contributed by atoms with Gasteiger partial charge < -0.3 is 4.74 Å². The van der Waals surface area contributed by atoms with Crippen molar-refractivity contribution in [3.05, 3.63) is 24.3 Å². The third-order valence-electron chi connectivity index (χ3n) is 3.09. The molecule has 0 atom stereocenters. The van der Waals surface area contributed by atoms with Crippen LogP contribution in [0.2, 0.25) is 0 Å². The molecule has 0 rings (SSSR count). The number of carbonyl (C=O) groups is 1. The number of unbranched alkanes of at least 4 members (excludes halogenated alkanes) is 5. The van der Waals surface area contributed by atoms with E-state index in [1.54, 1.807) is 0 Å². The Hall–Kier alpha value is -1.49. The van der Waals surface area contributed by atoms with Gasteiger partial charge in [-0.1, -0.05) is 50.0 Å². The maximum atomic E-state index is 10.9. The predicted molar refractivity (Wildman–Crippen MR) is 89.9 cm³/mol. The lowest BCUT2D eigenvalue weighted by Gasteiger charge is -1.96. The van der Waals surface area contributed by atoms with E-state index in [1.165, 1.54) is 26.4 Å². The van der Waals surface area contributed by atoms with Gasteiger partial charge >= 0.3 is 5.97 Å². The Morgan fingerprint density at radius 3 is 2.57 bits per heavy atom. The van der Waals surface area contributed by atoms with Crippen LogP contribution in [0.5, 0.6) is 0 Å². The molecule has 0 spiro atoms. The van der Waals surface area contributed by atoms with Crippen LogP contribution in [-0.2, 0) is 9.53 Å². The zero-order chi connectivity index (χ0) is 15.6. The van der Waals surface area contributed by atoms with Crippen molar-refractivity contribution >= 4 is 5.97 Å². The van der Waals surface area contributed by atoms with Gasteiger partial charge in [-0.2, -0.15) is 0 Å². The summed E-state index contributed by atoms with van der Waals surface area (Å²) in [6, 6.07) is 0. The second-order valence-corrected chi connectivity index (χ2v) is 5.02. The average Bonchev–Trinajstić information content (AvgIpc) is 2.50. The number of esters is 1. The van der Waals surface area contributed by atoms with E-state index in [2.05, 4.69) is 47.8 Å². The van der Waals surface area contributed by atoms with Crippen molar-refractivity contribution in [3.63, 3.8) is 0 Å². The van der Waals surface area contributed by atoms with Crippen molar-refractivity contribution in [3.8, 4) is 11.8 Å². The van der Waals surface area contributed by atoms with Crippen molar-refractivity contribution in [1.82, 2.24) is 0 Å². The standard InChI is InChI=1S/C19H30O2/c1-3-4-5-6-7-8-9-10-11-12-13-14-15-16-17-18-19(20)21-2/h10-11,13-14H,3-6,9,12,15-18H2,1-2H3. The number of ether oxygens (including phenoxy) is 1. The molecular weight excluding hydrogens is 260 g/mol. The Balaban J connectivity index is 3.38. The van der Waals surface area contributed by atoms with Crippen LogP contribution in [0.25, 0.3) is 0 Å². The maximum Gasteiger partial charge on any atom is 0.305 e. The number of allylic oxidation sites excluding steroid dienone is 4. The average molecular weight is 290 g/mol. The van der Waals surface area contributed by atoms with Crippen LogP contribution >= 0.6 is 0 Å². The molecule has 0 saturated carbocycles. The van der Waals surface area contributed by atoms with E-state index in [9.17, 15) is 4.79 Å². The Kier molecular flexibility index (Phi) is 15.4. The summed E-state index contributed by atoms with van der Waals surface area (Å²) in [6.07, 6.45) is 18.8. The highest BCUT2D eigenvalue weighted by atomic mass is 16.5. The van der Waals surface area contributed by atoms with Crippen molar-refractivity contribution in [2.45, 2.75) is 71.1 Å². The van der Waals surface area contributed by atoms with Gasteiger partial charge in [-0.15, -0.1) is 5.92 Å². The van der Waals surface area contributed by atoms with E-state index < -0.39 is 0 Å². The first kappa shape index (κ1) is 19.5. The zero-order valence-electron chi connectivity index (χ0n) is 13.7. The Morgan fingerprint density at radius 2 is 1.81 bits per heavy atom. The lowest BCUT2D eigenvalue weighted by atomic mass is 10.2. The molecule has 0 bridgehead atoms. The molecule has 0 N–H and O–H groups in total. The van der Waals surface area contributed by atoms with E-state index in [0.29, 0.717) is 6.42 Å². The quantitative estimate of drug-likeness (QED) is 0.226. The fourth-order valence-electron chi connectivity index (χ4n) is 1.79. The molecular formula is C19H30O2. The van der Waals surface area contributed by atoms with E-state index >= 15 is 0 Å². The highest BCUT2D eigenvalue weighted by Crippen LogP contribution is 2.02. The van der Waals surface area contributed by atoms with Crippen molar-refractivity contribution in [2.24, 2.45) is 0 Å². The van der Waals surface area contributed by atoms with Crippen LogP contribution < -0.4 is 0 Å². The molecule has 0 amide bonds. The highest BCUT2D eigenvalue weighted by Gasteiger charge is 1.97. The van der Waals surface area contributed by atoms with E-state index in [1.807, 2.05) is 0 Å². The van der Waals surface area contributed by atoms with Gasteiger partial charge in [-0.3, -0.25) is 4.79 Å². The summed E-state index contributed by atoms with van der Waals surface area (Å²) in [7, 11) is 1.43. The first-order valence-corrected chi connectivity index (χ1v) is 8.13. The molecule has 0 saturated heterocycles. The number of rotatable bonds is 11. The Labute approximate surface area is 130 Å². The highest BCUT2D eigenvalue weighted by molar-refractivity contribution is 5.68. The maximum absolute atomic E-state index is 10.9. The van der Waals surface area contributed by atoms with E-state index in [-0.39, 0.29) is 5.97 Å². The van der Waals surface area contributed by atoms with E-state index in [4.69, 9.17) is 0 Å². The third kappa shape index (κ3) is 16.5. The SMILES string of the molecule is CCCCCC#CCC=CCC=CCCCCC(=O)OC. The van der Waals surface area contributed by atoms with Gasteiger partial charge in [0.05, 0.1) is 7.11 Å². The topological polar surface area (TPSA) is 26.3 Å². The van der Waals surface area contributed by atoms with Crippen molar-refractivity contribution < 1.29 is 9.53 Å². The summed E-state index contributed by atoms with van der Waals surface area (Å²) in [6.45, 7) is 2.21. The minimum Gasteiger partial charge on any atom is -0.469 e. The summed E-state index contributed by atoms with van der Waals surface area (Å²) >= 11 is 0. The van der Waals surface area contributed by atoms with Crippen LogP contribution in [0.3, 0.4) is 0 Å². The molecule has 0 unspecified atom stereocenters. The molecule has 0 aromatic carbocycles. The molecule has 2 heteroatoms. The van der Waals surface area contributed by atoms with Gasteiger partial charge in [0, 0.05) is 19.3 Å². The minimum atomic E-state index is -0.113. The molecule has 0 aromatic heterocycles. The summed E-state index contributed by atoms with van der Waals surface area (Å²) in [5, 5.41) is 0. The zero-order valence-corrected chi connectivity index (χ0v) is 13.7. The molecule has 0 aliphatic rings. The molecule has 0 fully saturated rings. The number of hydrogen-bond acceptors (Lipinski definition) is 2. The molecule has 2 nitrogen and oxygen atoms in total. The third-order valence-corrected chi connectivity index (χ3v) is 3.09. The fourth-order valence-corrected chi connectivity index (χ4v) is 1.79. The van der Waals surface area contributed by atoms with Gasteiger partial charge in [0.15, 0.2) is 0 Å². The van der Waals surface area contributed by atoms with Crippen molar-refractivity contribution in [2.75, 3.05) is 7.11 Å². The van der Waals surface area contributed by atoms with E-state index in [0.717, 1.165) is 38.5 Å². The molecule has 0 aliphatic heterocycles. The number of methoxy groups -OCH3 is 1. The second kappa shape index (κ2) is 16.6. The van der Waals surface area contributed by atoms with Crippen LogP contribution in [0.15, 0.2) is 24.3 Å². The van der Waals surface area contributed by atoms with Gasteiger partial charge in [0.1, 0.15) is 0 Å². The van der Waals surface area contributed by atoms with Crippen LogP contribution in [-0.4, -0.2) is 13.1 Å². The Morgan fingerprint density at radius 1 is 1.00 bits per heavy atom. The van der Waals surface area contributed by atoms with Gasteiger partial charge in [-0.05, 0) is 32.1 Å². The predicted octanol–water partition coefficient (Wildman–Crippen LogP) is 5.20. The smallest absolute Gasteiger partial charge is 0.305 e. The monoisotopic (exact) mass is 290 g/mol. The molecule has 118 valence electrons. The largest absolute Gasteiger partial charge is 0.469 e. The molecule has 0 radical (unpaired) electrons. The van der Waals surface area contributed by atoms with Crippen LogP contribution in [0.4, 0.5) is 0 Å². The van der Waals surface area contributed by atoms with Crippen LogP contribution in [0.1, 0.15) is 71.1 Å². The molecule has 0 aromatic rings. The summed E-state index contributed by atoms with van der Waals surface area (Å²) < 4.78 is 4.59. The fraction of sp³-hybridized carbons (Fsp3) is 0.632. The molecule has 0 aliphatic carbocycles. The van der Waals surface area contributed by atoms with Gasteiger partial charge in [0.2, 0.25) is 0 Å². The van der Waals surface area contributed by atoms with Crippen LogP contribution in [0, 0.1) is 11.8 Å². The summed E-state index contributed by atoms with van der Waals surface area (Å²) in [5.41, 5.74) is 0. The number of hydrogen-bond donors (Lipinski definition) is 0. The lowest BCUT2D eigenvalue weighted by molar-refractivity contribution is -0.140. The van der Waals surface area contributed by atoms with Crippen molar-refractivity contribution in [1.29, 1.82) is 0 Å². The van der Waals surface area contributed by atoms with Gasteiger partial charge in [-0.25, -0.2) is 0 Å². The molecule has 21 heavy (non-hydrogen) atoms. The summed E-state index contributed by atoms with van der Waals surface area (Å²) in [4.78, 5) is 10.9. The first-order chi connectivity index (χ1) is 10.3. The number of carbonyl (C=O) groups excluding carboxylic acids is 1. The lowest BCUT2D eigenvalue weighted by Crippen LogP contribution is -1.98. The first-order valence-electron chi connectivity index (χ1n) is 8.13. The minimum absolute atomic E-state index is 0.113. The molecule has 0 heterocycles. The summed E-state index contributed by atoms with van der Waals surface area (Å²) in [5.74, 6) is 6.26. The normalized spacial score (nSPS) is 10.8.